The fourth-order valence-electron chi connectivity index (χ4n) is 3.91. The average molecular weight is 301 g/mol. The number of unbranched alkanes of at least 4 members (excludes halogenated alkanes) is 1. The summed E-state index contributed by atoms with van der Waals surface area (Å²) < 4.78 is 0. The molecule has 0 bridgehead atoms. The number of hydrogen-bond donors (Lipinski definition) is 0. The third-order valence-electron chi connectivity index (χ3n) is 5.25. The Balaban J connectivity index is 1.65. The Bertz CT molecular complexity index is 434. The number of likely N-dealkylation sites (tertiary alicyclic amines) is 1. The fourth-order valence-corrected chi connectivity index (χ4v) is 3.91. The molecule has 3 rings (SSSR count). The van der Waals surface area contributed by atoms with Crippen LogP contribution in [0.4, 0.5) is 5.82 Å². The molecule has 122 valence electrons. The molecule has 1 aromatic rings. The molecular formula is C19H31N3. The minimum atomic E-state index is 0.609. The van der Waals surface area contributed by atoms with Gasteiger partial charge in [0.2, 0.25) is 0 Å². The molecule has 2 saturated heterocycles. The number of rotatable bonds is 5. The summed E-state index contributed by atoms with van der Waals surface area (Å²) in [4.78, 5) is 9.93. The Hall–Kier alpha value is -1.09. The lowest BCUT2D eigenvalue weighted by atomic mass is 10.1. The van der Waals surface area contributed by atoms with Crippen LogP contribution in [-0.2, 0) is 0 Å². The van der Waals surface area contributed by atoms with Crippen molar-refractivity contribution in [1.29, 1.82) is 0 Å². The highest BCUT2D eigenvalue weighted by Gasteiger charge is 2.25. The molecule has 3 heterocycles. The topological polar surface area (TPSA) is 19.4 Å². The van der Waals surface area contributed by atoms with Crippen LogP contribution in [0, 0.1) is 0 Å². The quantitative estimate of drug-likeness (QED) is 0.803. The van der Waals surface area contributed by atoms with Gasteiger partial charge in [-0.2, -0.15) is 0 Å². The number of aromatic nitrogens is 1. The van der Waals surface area contributed by atoms with Gasteiger partial charge in [-0.1, -0.05) is 32.3 Å². The number of anilines is 1. The maximum atomic E-state index is 4.80. The Kier molecular flexibility index (Phi) is 5.71. The van der Waals surface area contributed by atoms with Crippen LogP contribution in [0.1, 0.15) is 69.9 Å². The first kappa shape index (κ1) is 15.8. The summed E-state index contributed by atoms with van der Waals surface area (Å²) in [7, 11) is 0. The van der Waals surface area contributed by atoms with E-state index in [4.69, 9.17) is 4.98 Å². The molecule has 0 N–H and O–H groups in total. The minimum Gasteiger partial charge on any atom is -0.357 e. The highest BCUT2D eigenvalue weighted by atomic mass is 15.2. The molecule has 1 atom stereocenters. The van der Waals surface area contributed by atoms with Crippen LogP contribution in [0.2, 0.25) is 0 Å². The lowest BCUT2D eigenvalue weighted by Crippen LogP contribution is -2.26. The molecule has 0 unspecified atom stereocenters. The first-order valence-electron chi connectivity index (χ1n) is 9.33. The lowest BCUT2D eigenvalue weighted by Gasteiger charge is -2.26. The summed E-state index contributed by atoms with van der Waals surface area (Å²) in [5, 5.41) is 0. The van der Waals surface area contributed by atoms with Crippen LogP contribution < -0.4 is 4.90 Å². The van der Waals surface area contributed by atoms with Gasteiger partial charge >= 0.3 is 0 Å². The van der Waals surface area contributed by atoms with Gasteiger partial charge in [-0.25, -0.2) is 4.98 Å². The molecule has 0 amide bonds. The monoisotopic (exact) mass is 301 g/mol. The van der Waals surface area contributed by atoms with Crippen LogP contribution in [0.5, 0.6) is 0 Å². The van der Waals surface area contributed by atoms with Gasteiger partial charge in [-0.05, 0) is 56.8 Å². The van der Waals surface area contributed by atoms with Gasteiger partial charge in [-0.3, -0.25) is 4.90 Å². The molecule has 2 aliphatic rings. The third kappa shape index (κ3) is 3.81. The van der Waals surface area contributed by atoms with E-state index in [-0.39, 0.29) is 0 Å². The predicted molar refractivity (Wildman–Crippen MR) is 93.4 cm³/mol. The molecule has 0 aromatic carbocycles. The number of pyridine rings is 1. The normalized spacial score (nSPS) is 23.7. The van der Waals surface area contributed by atoms with Crippen LogP contribution >= 0.6 is 0 Å². The van der Waals surface area contributed by atoms with Crippen LogP contribution in [0.15, 0.2) is 18.3 Å². The van der Waals surface area contributed by atoms with Gasteiger partial charge in [-0.15, -0.1) is 0 Å². The van der Waals surface area contributed by atoms with E-state index in [1.54, 1.807) is 0 Å². The molecule has 2 fully saturated rings. The lowest BCUT2D eigenvalue weighted by molar-refractivity contribution is 0.253. The van der Waals surface area contributed by atoms with Gasteiger partial charge in [0.1, 0.15) is 5.82 Å². The van der Waals surface area contributed by atoms with Crippen LogP contribution in [0.3, 0.4) is 0 Å². The first-order valence-corrected chi connectivity index (χ1v) is 9.33. The molecule has 0 radical (unpaired) electrons. The van der Waals surface area contributed by atoms with Crippen molar-refractivity contribution < 1.29 is 0 Å². The molecule has 0 aliphatic carbocycles. The number of nitrogens with zero attached hydrogens (tertiary/aromatic N) is 3. The molecule has 2 aliphatic heterocycles. The van der Waals surface area contributed by atoms with Crippen LogP contribution in [0.25, 0.3) is 0 Å². The van der Waals surface area contributed by atoms with Gasteiger partial charge < -0.3 is 4.90 Å². The number of hydrogen-bond acceptors (Lipinski definition) is 3. The van der Waals surface area contributed by atoms with E-state index in [1.165, 1.54) is 88.9 Å². The molecule has 0 spiro atoms. The fraction of sp³-hybridized carbons (Fsp3) is 0.737. The molecular weight excluding hydrogens is 270 g/mol. The molecule has 1 aromatic heterocycles. The van der Waals surface area contributed by atoms with E-state index in [0.29, 0.717) is 6.04 Å². The van der Waals surface area contributed by atoms with E-state index >= 15 is 0 Å². The minimum absolute atomic E-state index is 0.609. The summed E-state index contributed by atoms with van der Waals surface area (Å²) in [6.45, 7) is 7.15. The van der Waals surface area contributed by atoms with Crippen molar-refractivity contribution in [3.8, 4) is 0 Å². The highest BCUT2D eigenvalue weighted by Crippen LogP contribution is 2.32. The summed E-state index contributed by atoms with van der Waals surface area (Å²) in [5.41, 5.74) is 1.42. The second-order valence-electron chi connectivity index (χ2n) is 6.90. The SMILES string of the molecule is CCCCN1CCC[C@H]1c1ccc(N2CCCCCC2)nc1. The van der Waals surface area contributed by atoms with Crippen molar-refractivity contribution in [2.24, 2.45) is 0 Å². The molecule has 3 heteroatoms. The summed E-state index contributed by atoms with van der Waals surface area (Å²) in [6, 6.07) is 5.20. The van der Waals surface area contributed by atoms with E-state index in [1.807, 2.05) is 0 Å². The van der Waals surface area contributed by atoms with Crippen molar-refractivity contribution in [2.45, 2.75) is 64.3 Å². The van der Waals surface area contributed by atoms with Crippen molar-refractivity contribution in [1.82, 2.24) is 9.88 Å². The Morgan fingerprint density at radius 2 is 1.86 bits per heavy atom. The first-order chi connectivity index (χ1) is 10.9. The molecule has 0 saturated carbocycles. The zero-order valence-electron chi connectivity index (χ0n) is 14.1. The highest BCUT2D eigenvalue weighted by molar-refractivity contribution is 5.40. The van der Waals surface area contributed by atoms with Crippen molar-refractivity contribution >= 4 is 5.82 Å². The Morgan fingerprint density at radius 3 is 2.55 bits per heavy atom. The van der Waals surface area contributed by atoms with Crippen molar-refractivity contribution in [3.63, 3.8) is 0 Å². The Labute approximate surface area is 135 Å². The molecule has 3 nitrogen and oxygen atoms in total. The summed E-state index contributed by atoms with van der Waals surface area (Å²) in [5.74, 6) is 1.18. The average Bonchev–Trinajstić information content (AvgIpc) is 2.85. The molecule has 22 heavy (non-hydrogen) atoms. The van der Waals surface area contributed by atoms with Crippen molar-refractivity contribution in [3.05, 3.63) is 23.9 Å². The zero-order valence-corrected chi connectivity index (χ0v) is 14.1. The van der Waals surface area contributed by atoms with E-state index < -0.39 is 0 Å². The third-order valence-corrected chi connectivity index (χ3v) is 5.25. The van der Waals surface area contributed by atoms with Crippen LogP contribution in [-0.4, -0.2) is 36.1 Å². The zero-order chi connectivity index (χ0) is 15.2. The summed E-state index contributed by atoms with van der Waals surface area (Å²) in [6.07, 6.45) is 12.8. The standard InChI is InChI=1S/C19H31N3/c1-2-3-12-21-15-8-9-18(21)17-10-11-19(20-16-17)22-13-6-4-5-7-14-22/h10-11,16,18H,2-9,12-15H2,1H3/t18-/m0/s1. The maximum Gasteiger partial charge on any atom is 0.128 e. The van der Waals surface area contributed by atoms with Crippen molar-refractivity contribution in [2.75, 3.05) is 31.1 Å². The largest absolute Gasteiger partial charge is 0.357 e. The van der Waals surface area contributed by atoms with Gasteiger partial charge in [0.25, 0.3) is 0 Å². The van der Waals surface area contributed by atoms with Gasteiger partial charge in [0, 0.05) is 25.3 Å². The van der Waals surface area contributed by atoms with Gasteiger partial charge in [0.15, 0.2) is 0 Å². The van der Waals surface area contributed by atoms with E-state index in [0.717, 1.165) is 0 Å². The second kappa shape index (κ2) is 7.96. The Morgan fingerprint density at radius 1 is 1.05 bits per heavy atom. The van der Waals surface area contributed by atoms with E-state index in [2.05, 4.69) is 35.1 Å². The predicted octanol–water partition coefficient (Wildman–Crippen LogP) is 4.40. The van der Waals surface area contributed by atoms with Gasteiger partial charge in [0.05, 0.1) is 0 Å². The smallest absolute Gasteiger partial charge is 0.128 e. The summed E-state index contributed by atoms with van der Waals surface area (Å²) >= 11 is 0. The maximum absolute atomic E-state index is 4.80. The second-order valence-corrected chi connectivity index (χ2v) is 6.90. The van der Waals surface area contributed by atoms with E-state index in [9.17, 15) is 0 Å².